The highest BCUT2D eigenvalue weighted by Gasteiger charge is 2.27. The Balaban J connectivity index is 2.39. The molecule has 0 radical (unpaired) electrons. The van der Waals surface area contributed by atoms with Crippen LogP contribution in [0.2, 0.25) is 0 Å². The number of hydrogen-bond acceptors (Lipinski definition) is 4. The minimum Gasteiger partial charge on any atom is -0.461 e. The maximum absolute atomic E-state index is 13.3. The van der Waals surface area contributed by atoms with Crippen molar-refractivity contribution >= 4 is 11.9 Å². The van der Waals surface area contributed by atoms with E-state index in [0.29, 0.717) is 12.0 Å². The Hall–Kier alpha value is -2.63. The van der Waals surface area contributed by atoms with Crippen LogP contribution in [-0.2, 0) is 33.8 Å². The molecule has 6 heteroatoms. The Labute approximate surface area is 186 Å². The minimum atomic E-state index is -0.804. The first kappa shape index (κ1) is 24.6. The predicted octanol–water partition coefficient (Wildman–Crippen LogP) is 4.31. The second kappa shape index (κ2) is 9.25. The largest absolute Gasteiger partial charge is 0.461 e. The summed E-state index contributed by atoms with van der Waals surface area (Å²) in [6.45, 7) is 16.3. The lowest BCUT2D eigenvalue weighted by atomic mass is 9.79. The van der Waals surface area contributed by atoms with Crippen molar-refractivity contribution in [2.45, 2.75) is 84.8 Å². The first-order chi connectivity index (χ1) is 14.2. The van der Waals surface area contributed by atoms with Gasteiger partial charge in [-0.1, -0.05) is 47.6 Å². The third kappa shape index (κ3) is 6.68. The molecule has 6 nitrogen and oxygen atoms in total. The topological polar surface area (TPSA) is 73.2 Å². The number of carbonyl (C=O) groups is 2. The number of hydrogen-bond donors (Lipinski definition) is 1. The number of aromatic nitrogens is 2. The molecule has 0 saturated carbocycles. The fourth-order valence-corrected chi connectivity index (χ4v) is 3.16. The average Bonchev–Trinajstić information content (AvgIpc) is 3.03. The number of esters is 1. The van der Waals surface area contributed by atoms with Crippen molar-refractivity contribution in [2.75, 3.05) is 0 Å². The van der Waals surface area contributed by atoms with Gasteiger partial charge in [0.1, 0.15) is 6.04 Å². The summed E-state index contributed by atoms with van der Waals surface area (Å²) in [7, 11) is 1.86. The van der Waals surface area contributed by atoms with Crippen LogP contribution in [0.5, 0.6) is 0 Å². The van der Waals surface area contributed by atoms with Gasteiger partial charge in [-0.05, 0) is 47.9 Å². The average molecular weight is 428 g/mol. The quantitative estimate of drug-likeness (QED) is 0.697. The van der Waals surface area contributed by atoms with Crippen LogP contribution in [0.15, 0.2) is 30.7 Å². The summed E-state index contributed by atoms with van der Waals surface area (Å²) in [6.07, 6.45) is 3.40. The molecular formula is C25H37N3O3. The fourth-order valence-electron chi connectivity index (χ4n) is 3.16. The zero-order valence-corrected chi connectivity index (χ0v) is 20.4. The standard InChI is InChI=1S/C25H37N3O3/c1-16(2)31-23(30)21(13-20-14-26-15-28(20)9)27-22(29)17-10-18(24(3,4)5)12-19(11-17)25(6,7)8/h10-12,14-16,21H,13H2,1-9H3,(H,27,29)/t21-/m0/s1. The molecule has 1 aromatic heterocycles. The molecule has 1 N–H and O–H groups in total. The minimum absolute atomic E-state index is 0.110. The van der Waals surface area contributed by atoms with Crippen LogP contribution in [0.3, 0.4) is 0 Å². The highest BCUT2D eigenvalue weighted by Crippen LogP contribution is 2.30. The molecule has 0 fully saturated rings. The summed E-state index contributed by atoms with van der Waals surface area (Å²) < 4.78 is 7.24. The number of nitrogens with one attached hydrogen (secondary N) is 1. The molecule has 1 aromatic carbocycles. The van der Waals surface area contributed by atoms with E-state index in [0.717, 1.165) is 16.8 Å². The molecule has 0 saturated heterocycles. The van der Waals surface area contributed by atoms with Crippen molar-refractivity contribution in [3.8, 4) is 0 Å². The van der Waals surface area contributed by atoms with Crippen LogP contribution < -0.4 is 5.32 Å². The van der Waals surface area contributed by atoms with Crippen LogP contribution >= 0.6 is 0 Å². The number of aryl methyl sites for hydroxylation is 1. The van der Waals surface area contributed by atoms with Gasteiger partial charge in [-0.15, -0.1) is 0 Å². The molecular weight excluding hydrogens is 390 g/mol. The first-order valence-electron chi connectivity index (χ1n) is 10.8. The number of nitrogens with zero attached hydrogens (tertiary/aromatic N) is 2. The lowest BCUT2D eigenvalue weighted by molar-refractivity contribution is -0.149. The lowest BCUT2D eigenvalue weighted by Gasteiger charge is -2.26. The van der Waals surface area contributed by atoms with E-state index in [9.17, 15) is 9.59 Å². The van der Waals surface area contributed by atoms with E-state index in [1.807, 2.05) is 23.7 Å². The van der Waals surface area contributed by atoms with E-state index >= 15 is 0 Å². The van der Waals surface area contributed by atoms with Crippen molar-refractivity contribution in [1.29, 1.82) is 0 Å². The molecule has 2 rings (SSSR count). The third-order valence-corrected chi connectivity index (χ3v) is 5.20. The Kier molecular flexibility index (Phi) is 7.35. The SMILES string of the molecule is CC(C)OC(=O)[C@H](Cc1cncn1C)NC(=O)c1cc(C(C)(C)C)cc(C(C)(C)C)c1. The molecule has 0 spiro atoms. The van der Waals surface area contributed by atoms with E-state index in [1.165, 1.54) is 0 Å². The van der Waals surface area contributed by atoms with Gasteiger partial charge >= 0.3 is 5.97 Å². The smallest absolute Gasteiger partial charge is 0.329 e. The summed E-state index contributed by atoms with van der Waals surface area (Å²) in [6, 6.07) is 5.19. The van der Waals surface area contributed by atoms with Gasteiger partial charge in [0, 0.05) is 30.9 Å². The molecule has 1 heterocycles. The Morgan fingerprint density at radius 2 is 1.58 bits per heavy atom. The number of ether oxygens (including phenoxy) is 1. The maximum atomic E-state index is 13.3. The highest BCUT2D eigenvalue weighted by molar-refractivity contribution is 5.97. The normalized spacial score (nSPS) is 13.2. The fraction of sp³-hybridized carbons (Fsp3) is 0.560. The molecule has 31 heavy (non-hydrogen) atoms. The van der Waals surface area contributed by atoms with Crippen molar-refractivity contribution < 1.29 is 14.3 Å². The van der Waals surface area contributed by atoms with Crippen LogP contribution in [-0.4, -0.2) is 33.6 Å². The molecule has 0 aliphatic heterocycles. The Morgan fingerprint density at radius 1 is 1.03 bits per heavy atom. The number of carbonyl (C=O) groups excluding carboxylic acids is 2. The first-order valence-corrected chi connectivity index (χ1v) is 10.8. The van der Waals surface area contributed by atoms with Crippen molar-refractivity contribution in [3.63, 3.8) is 0 Å². The predicted molar refractivity (Wildman–Crippen MR) is 123 cm³/mol. The van der Waals surface area contributed by atoms with Gasteiger partial charge in [0.25, 0.3) is 5.91 Å². The van der Waals surface area contributed by atoms with Gasteiger partial charge in [-0.3, -0.25) is 4.79 Å². The van der Waals surface area contributed by atoms with E-state index in [2.05, 4.69) is 57.9 Å². The summed E-state index contributed by atoms with van der Waals surface area (Å²) in [4.78, 5) is 30.1. The van der Waals surface area contributed by atoms with Gasteiger partial charge in [-0.2, -0.15) is 0 Å². The monoisotopic (exact) mass is 427 g/mol. The van der Waals surface area contributed by atoms with Crippen LogP contribution in [0.25, 0.3) is 0 Å². The summed E-state index contributed by atoms with van der Waals surface area (Å²) >= 11 is 0. The van der Waals surface area contributed by atoms with Crippen LogP contribution in [0.1, 0.15) is 82.6 Å². The number of rotatable bonds is 6. The van der Waals surface area contributed by atoms with Gasteiger partial charge in [0.05, 0.1) is 12.4 Å². The third-order valence-electron chi connectivity index (χ3n) is 5.20. The van der Waals surface area contributed by atoms with E-state index < -0.39 is 12.0 Å². The summed E-state index contributed by atoms with van der Waals surface area (Å²) in [5.41, 5.74) is 3.33. The molecule has 2 aromatic rings. The van der Waals surface area contributed by atoms with E-state index in [-0.39, 0.29) is 22.8 Å². The second-order valence-electron chi connectivity index (χ2n) is 10.5. The Morgan fingerprint density at radius 3 is 2.00 bits per heavy atom. The van der Waals surface area contributed by atoms with Crippen LogP contribution in [0.4, 0.5) is 0 Å². The molecule has 0 aliphatic rings. The van der Waals surface area contributed by atoms with Crippen LogP contribution in [0, 0.1) is 0 Å². The molecule has 170 valence electrons. The summed E-state index contributed by atoms with van der Waals surface area (Å²) in [5, 5.41) is 2.91. The number of imidazole rings is 1. The van der Waals surface area contributed by atoms with Gasteiger partial charge < -0.3 is 14.6 Å². The summed E-state index contributed by atoms with van der Waals surface area (Å²) in [5.74, 6) is -0.739. The van der Waals surface area contributed by atoms with E-state index in [1.54, 1.807) is 26.4 Å². The van der Waals surface area contributed by atoms with Gasteiger partial charge in [0.2, 0.25) is 0 Å². The van der Waals surface area contributed by atoms with Crippen molar-refractivity contribution in [3.05, 3.63) is 53.1 Å². The van der Waals surface area contributed by atoms with Gasteiger partial charge in [-0.25, -0.2) is 9.78 Å². The van der Waals surface area contributed by atoms with Crippen molar-refractivity contribution in [1.82, 2.24) is 14.9 Å². The van der Waals surface area contributed by atoms with Crippen molar-refractivity contribution in [2.24, 2.45) is 7.05 Å². The van der Waals surface area contributed by atoms with Gasteiger partial charge in [0.15, 0.2) is 0 Å². The zero-order chi connectivity index (χ0) is 23.6. The maximum Gasteiger partial charge on any atom is 0.329 e. The Bertz CT molecular complexity index is 898. The zero-order valence-electron chi connectivity index (χ0n) is 20.4. The highest BCUT2D eigenvalue weighted by atomic mass is 16.5. The molecule has 1 amide bonds. The molecule has 0 aliphatic carbocycles. The molecule has 1 atom stereocenters. The number of amides is 1. The molecule has 0 unspecified atom stereocenters. The van der Waals surface area contributed by atoms with E-state index in [4.69, 9.17) is 4.74 Å². The lowest BCUT2D eigenvalue weighted by Crippen LogP contribution is -2.44. The second-order valence-corrected chi connectivity index (χ2v) is 10.5. The number of benzene rings is 1. The molecule has 0 bridgehead atoms.